The summed E-state index contributed by atoms with van der Waals surface area (Å²) in [7, 11) is 0. The molecule has 0 spiro atoms. The number of amides is 2. The number of nitrogens with one attached hydrogen (secondary N) is 2. The standard InChI is InChI=1S/C11H23N3O2/c1-7(2)9(12)11(16)14-6-5-13-10(15)8(3)4/h7-9H,5-6,12H2,1-4H3,(H,13,15)(H,14,16)/t9-/m1/s1. The lowest BCUT2D eigenvalue weighted by Gasteiger charge is -2.15. The molecule has 4 N–H and O–H groups in total. The number of carbonyl (C=O) groups is 2. The van der Waals surface area contributed by atoms with Gasteiger partial charge in [-0.15, -0.1) is 0 Å². The van der Waals surface area contributed by atoms with Crippen molar-refractivity contribution in [2.75, 3.05) is 13.1 Å². The Morgan fingerprint density at radius 1 is 1.00 bits per heavy atom. The molecule has 0 aliphatic rings. The molecule has 0 aromatic carbocycles. The molecule has 0 saturated carbocycles. The molecule has 94 valence electrons. The summed E-state index contributed by atoms with van der Waals surface area (Å²) in [5.74, 6) is -0.102. The highest BCUT2D eigenvalue weighted by atomic mass is 16.2. The zero-order valence-electron chi connectivity index (χ0n) is 10.5. The first-order valence-electron chi connectivity index (χ1n) is 5.67. The molecule has 5 heteroatoms. The average molecular weight is 229 g/mol. The minimum Gasteiger partial charge on any atom is -0.354 e. The molecule has 0 unspecified atom stereocenters. The van der Waals surface area contributed by atoms with E-state index in [2.05, 4.69) is 10.6 Å². The first kappa shape index (κ1) is 14.9. The van der Waals surface area contributed by atoms with Gasteiger partial charge in [0.2, 0.25) is 11.8 Å². The second-order valence-corrected chi connectivity index (χ2v) is 4.51. The van der Waals surface area contributed by atoms with E-state index in [0.29, 0.717) is 13.1 Å². The molecule has 16 heavy (non-hydrogen) atoms. The van der Waals surface area contributed by atoms with Gasteiger partial charge in [0.1, 0.15) is 0 Å². The Labute approximate surface area is 97.2 Å². The number of carbonyl (C=O) groups excluding carboxylic acids is 2. The summed E-state index contributed by atoms with van der Waals surface area (Å²) in [6.45, 7) is 8.28. The Morgan fingerprint density at radius 2 is 1.44 bits per heavy atom. The van der Waals surface area contributed by atoms with Crippen LogP contribution >= 0.6 is 0 Å². The van der Waals surface area contributed by atoms with Crippen LogP contribution in [0.5, 0.6) is 0 Å². The second kappa shape index (κ2) is 7.22. The van der Waals surface area contributed by atoms with Crippen LogP contribution in [0.4, 0.5) is 0 Å². The molecule has 0 radical (unpaired) electrons. The fraction of sp³-hybridized carbons (Fsp3) is 0.818. The Hall–Kier alpha value is -1.10. The topological polar surface area (TPSA) is 84.2 Å². The highest BCUT2D eigenvalue weighted by Crippen LogP contribution is 1.97. The number of hydrogen-bond donors (Lipinski definition) is 3. The van der Waals surface area contributed by atoms with Gasteiger partial charge in [0.15, 0.2) is 0 Å². The molecular weight excluding hydrogens is 206 g/mol. The lowest BCUT2D eigenvalue weighted by molar-refractivity contribution is -0.125. The summed E-state index contributed by atoms with van der Waals surface area (Å²) in [6.07, 6.45) is 0. The van der Waals surface area contributed by atoms with Crippen molar-refractivity contribution in [2.24, 2.45) is 17.6 Å². The van der Waals surface area contributed by atoms with Crippen LogP contribution in [0.1, 0.15) is 27.7 Å². The lowest BCUT2D eigenvalue weighted by Crippen LogP contribution is -2.46. The maximum absolute atomic E-state index is 11.4. The predicted octanol–water partition coefficient (Wildman–Crippen LogP) is -0.142. The fourth-order valence-corrected chi connectivity index (χ4v) is 0.996. The van der Waals surface area contributed by atoms with Gasteiger partial charge in [-0.3, -0.25) is 9.59 Å². The Morgan fingerprint density at radius 3 is 1.81 bits per heavy atom. The quantitative estimate of drug-likeness (QED) is 0.554. The Balaban J connectivity index is 3.67. The van der Waals surface area contributed by atoms with Gasteiger partial charge in [-0.2, -0.15) is 0 Å². The molecule has 0 saturated heterocycles. The molecular formula is C11H23N3O2. The molecule has 2 amide bonds. The molecule has 0 bridgehead atoms. The van der Waals surface area contributed by atoms with Crippen LogP contribution in [0.2, 0.25) is 0 Å². The van der Waals surface area contributed by atoms with E-state index in [1.165, 1.54) is 0 Å². The van der Waals surface area contributed by atoms with Crippen molar-refractivity contribution >= 4 is 11.8 Å². The summed E-state index contributed by atoms with van der Waals surface area (Å²) < 4.78 is 0. The molecule has 5 nitrogen and oxygen atoms in total. The maximum atomic E-state index is 11.4. The molecule has 0 aliphatic carbocycles. The van der Waals surface area contributed by atoms with Gasteiger partial charge < -0.3 is 16.4 Å². The summed E-state index contributed by atoms with van der Waals surface area (Å²) in [4.78, 5) is 22.6. The minimum atomic E-state index is -0.485. The third-order valence-corrected chi connectivity index (χ3v) is 2.27. The number of rotatable bonds is 6. The van der Waals surface area contributed by atoms with Crippen molar-refractivity contribution in [2.45, 2.75) is 33.7 Å². The number of nitrogens with two attached hydrogens (primary N) is 1. The second-order valence-electron chi connectivity index (χ2n) is 4.51. The van der Waals surface area contributed by atoms with E-state index >= 15 is 0 Å². The summed E-state index contributed by atoms with van der Waals surface area (Å²) in [5, 5.41) is 5.39. The van der Waals surface area contributed by atoms with E-state index in [4.69, 9.17) is 5.73 Å². The Kier molecular flexibility index (Phi) is 6.72. The van der Waals surface area contributed by atoms with Crippen LogP contribution in [0, 0.1) is 11.8 Å². The first-order chi connectivity index (χ1) is 7.36. The highest BCUT2D eigenvalue weighted by Gasteiger charge is 2.16. The van der Waals surface area contributed by atoms with Gasteiger partial charge in [-0.05, 0) is 5.92 Å². The zero-order valence-corrected chi connectivity index (χ0v) is 10.5. The van der Waals surface area contributed by atoms with Crippen LogP contribution in [-0.4, -0.2) is 30.9 Å². The monoisotopic (exact) mass is 229 g/mol. The van der Waals surface area contributed by atoms with Gasteiger partial charge >= 0.3 is 0 Å². The van der Waals surface area contributed by atoms with E-state index < -0.39 is 6.04 Å². The summed E-state index contributed by atoms with van der Waals surface area (Å²) in [6, 6.07) is -0.485. The van der Waals surface area contributed by atoms with Crippen molar-refractivity contribution in [1.29, 1.82) is 0 Å². The largest absolute Gasteiger partial charge is 0.354 e. The SMILES string of the molecule is CC(C)C(=O)NCCNC(=O)[C@H](N)C(C)C. The highest BCUT2D eigenvalue weighted by molar-refractivity contribution is 5.82. The van der Waals surface area contributed by atoms with Gasteiger partial charge in [-0.25, -0.2) is 0 Å². The normalized spacial score (nSPS) is 12.7. The van der Waals surface area contributed by atoms with E-state index in [0.717, 1.165) is 0 Å². The average Bonchev–Trinajstić information content (AvgIpc) is 2.22. The fourth-order valence-electron chi connectivity index (χ4n) is 0.996. The molecule has 0 rings (SSSR count). The van der Waals surface area contributed by atoms with E-state index in [9.17, 15) is 9.59 Å². The van der Waals surface area contributed by atoms with Crippen LogP contribution in [-0.2, 0) is 9.59 Å². The lowest BCUT2D eigenvalue weighted by atomic mass is 10.1. The van der Waals surface area contributed by atoms with Gasteiger partial charge in [0.05, 0.1) is 6.04 Å². The maximum Gasteiger partial charge on any atom is 0.237 e. The van der Waals surface area contributed by atoms with E-state index in [-0.39, 0.29) is 23.7 Å². The first-order valence-corrected chi connectivity index (χ1v) is 5.67. The molecule has 0 fully saturated rings. The third kappa shape index (κ3) is 5.70. The van der Waals surface area contributed by atoms with Crippen LogP contribution < -0.4 is 16.4 Å². The number of hydrogen-bond acceptors (Lipinski definition) is 3. The van der Waals surface area contributed by atoms with Crippen molar-refractivity contribution in [3.63, 3.8) is 0 Å². The predicted molar refractivity (Wildman–Crippen MR) is 63.7 cm³/mol. The van der Waals surface area contributed by atoms with Crippen molar-refractivity contribution in [1.82, 2.24) is 10.6 Å². The van der Waals surface area contributed by atoms with Crippen LogP contribution in [0.25, 0.3) is 0 Å². The third-order valence-electron chi connectivity index (χ3n) is 2.27. The van der Waals surface area contributed by atoms with E-state index in [1.807, 2.05) is 27.7 Å². The summed E-state index contributed by atoms with van der Waals surface area (Å²) >= 11 is 0. The minimum absolute atomic E-state index is 0.0117. The zero-order chi connectivity index (χ0) is 12.7. The van der Waals surface area contributed by atoms with Crippen LogP contribution in [0.3, 0.4) is 0 Å². The molecule has 0 heterocycles. The van der Waals surface area contributed by atoms with Crippen LogP contribution in [0.15, 0.2) is 0 Å². The summed E-state index contributed by atoms with van der Waals surface area (Å²) in [5.41, 5.74) is 5.65. The van der Waals surface area contributed by atoms with Crippen molar-refractivity contribution in [3.05, 3.63) is 0 Å². The van der Waals surface area contributed by atoms with Crippen molar-refractivity contribution < 1.29 is 9.59 Å². The molecule has 1 atom stereocenters. The smallest absolute Gasteiger partial charge is 0.237 e. The van der Waals surface area contributed by atoms with Gasteiger partial charge in [-0.1, -0.05) is 27.7 Å². The molecule has 0 aromatic rings. The van der Waals surface area contributed by atoms with Crippen molar-refractivity contribution in [3.8, 4) is 0 Å². The molecule has 0 aliphatic heterocycles. The Bertz CT molecular complexity index is 239. The van der Waals surface area contributed by atoms with Gasteiger partial charge in [0.25, 0.3) is 0 Å². The molecule has 0 aromatic heterocycles. The van der Waals surface area contributed by atoms with Gasteiger partial charge in [0, 0.05) is 19.0 Å². The van der Waals surface area contributed by atoms with E-state index in [1.54, 1.807) is 0 Å².